The molecule has 3 aromatic rings. The Morgan fingerprint density at radius 1 is 1.25 bits per heavy atom. The monoisotopic (exact) mass is 451 g/mol. The molecule has 3 heterocycles. The number of carbonyl (C=O) groups excluding carboxylic acids is 2. The summed E-state index contributed by atoms with van der Waals surface area (Å²) in [6, 6.07) is 11.0. The van der Waals surface area contributed by atoms with Crippen LogP contribution in [0.15, 0.2) is 58.5 Å². The lowest BCUT2D eigenvalue weighted by molar-refractivity contribution is -0.117. The number of likely N-dealkylation sites (tertiary alicyclic amines) is 1. The van der Waals surface area contributed by atoms with Crippen molar-refractivity contribution in [2.75, 3.05) is 13.1 Å². The number of furan rings is 1. The Kier molecular flexibility index (Phi) is 7.01. The Balaban J connectivity index is 1.27. The van der Waals surface area contributed by atoms with Crippen molar-refractivity contribution in [2.45, 2.75) is 32.4 Å². The molecule has 0 atom stereocenters. The van der Waals surface area contributed by atoms with Crippen molar-refractivity contribution in [3.63, 3.8) is 0 Å². The topological polar surface area (TPSA) is 84.7 Å². The van der Waals surface area contributed by atoms with Crippen LogP contribution in [0.1, 0.15) is 39.7 Å². The fourth-order valence-electron chi connectivity index (χ4n) is 3.57. The summed E-state index contributed by atoms with van der Waals surface area (Å²) in [5, 5.41) is 6.01. The van der Waals surface area contributed by atoms with Gasteiger partial charge < -0.3 is 19.4 Å². The second-order valence-corrected chi connectivity index (χ2v) is 8.63. The number of aromatic nitrogens is 1. The van der Waals surface area contributed by atoms with E-state index >= 15 is 0 Å². The molecule has 1 N–H and O–H groups in total. The van der Waals surface area contributed by atoms with Gasteiger partial charge in [-0.25, -0.2) is 4.98 Å². The maximum atomic E-state index is 12.4. The van der Waals surface area contributed by atoms with E-state index in [4.69, 9.17) is 9.15 Å². The fraction of sp³-hybridized carbons (Fsp3) is 0.292. The average molecular weight is 452 g/mol. The van der Waals surface area contributed by atoms with Gasteiger partial charge in [-0.05, 0) is 44.0 Å². The number of carbonyl (C=O) groups is 2. The summed E-state index contributed by atoms with van der Waals surface area (Å²) in [5.41, 5.74) is 1.72. The third-order valence-corrected chi connectivity index (χ3v) is 6.06. The number of nitrogens with zero attached hydrogens (tertiary/aromatic N) is 2. The van der Waals surface area contributed by atoms with Crippen LogP contribution in [0.4, 0.5) is 0 Å². The molecule has 0 aliphatic carbocycles. The van der Waals surface area contributed by atoms with E-state index in [0.717, 1.165) is 16.3 Å². The quantitative estimate of drug-likeness (QED) is 0.548. The SMILES string of the molecule is Cc1nc(COc2ccccc2/C=C/C(=O)NC2CCN(C(=O)c3ccco3)CC2)cs1. The van der Waals surface area contributed by atoms with Crippen LogP contribution >= 0.6 is 11.3 Å². The van der Waals surface area contributed by atoms with Crippen molar-refractivity contribution < 1.29 is 18.7 Å². The minimum atomic E-state index is -0.161. The van der Waals surface area contributed by atoms with Crippen LogP contribution in [-0.2, 0) is 11.4 Å². The zero-order valence-electron chi connectivity index (χ0n) is 17.8. The van der Waals surface area contributed by atoms with Gasteiger partial charge in [0.05, 0.1) is 17.0 Å². The highest BCUT2D eigenvalue weighted by atomic mass is 32.1. The Morgan fingerprint density at radius 3 is 2.78 bits per heavy atom. The van der Waals surface area contributed by atoms with Crippen molar-refractivity contribution in [2.24, 2.45) is 0 Å². The molecule has 2 amide bonds. The van der Waals surface area contributed by atoms with Gasteiger partial charge in [0.15, 0.2) is 5.76 Å². The first kappa shape index (κ1) is 21.8. The first-order chi connectivity index (χ1) is 15.6. The number of piperidine rings is 1. The van der Waals surface area contributed by atoms with Crippen LogP contribution in [0.2, 0.25) is 0 Å². The normalized spacial score (nSPS) is 14.6. The third kappa shape index (κ3) is 5.64. The van der Waals surface area contributed by atoms with Gasteiger partial charge in [-0.3, -0.25) is 9.59 Å². The van der Waals surface area contributed by atoms with Gasteiger partial charge in [-0.2, -0.15) is 0 Å². The van der Waals surface area contributed by atoms with E-state index in [0.29, 0.717) is 44.0 Å². The van der Waals surface area contributed by atoms with Gasteiger partial charge in [-0.1, -0.05) is 18.2 Å². The predicted octanol–water partition coefficient (Wildman–Crippen LogP) is 4.06. The molecule has 4 rings (SSSR count). The lowest BCUT2D eigenvalue weighted by Crippen LogP contribution is -2.46. The number of aryl methyl sites for hydroxylation is 1. The maximum absolute atomic E-state index is 12.4. The van der Waals surface area contributed by atoms with Crippen molar-refractivity contribution in [1.82, 2.24) is 15.2 Å². The number of hydrogen-bond acceptors (Lipinski definition) is 6. The molecular formula is C24H25N3O4S. The van der Waals surface area contributed by atoms with E-state index in [-0.39, 0.29) is 17.9 Å². The fourth-order valence-corrected chi connectivity index (χ4v) is 4.17. The molecule has 0 radical (unpaired) electrons. The van der Waals surface area contributed by atoms with Crippen LogP contribution in [-0.4, -0.2) is 40.8 Å². The molecule has 8 heteroatoms. The highest BCUT2D eigenvalue weighted by molar-refractivity contribution is 7.09. The lowest BCUT2D eigenvalue weighted by Gasteiger charge is -2.31. The number of benzene rings is 1. The Labute approximate surface area is 190 Å². The molecule has 166 valence electrons. The summed E-state index contributed by atoms with van der Waals surface area (Å²) >= 11 is 1.59. The number of hydrogen-bond donors (Lipinski definition) is 1. The summed E-state index contributed by atoms with van der Waals surface area (Å²) in [5.74, 6) is 0.781. The molecule has 1 aliphatic rings. The Morgan fingerprint density at radius 2 is 2.06 bits per heavy atom. The largest absolute Gasteiger partial charge is 0.487 e. The van der Waals surface area contributed by atoms with Crippen LogP contribution in [0.3, 0.4) is 0 Å². The van der Waals surface area contributed by atoms with E-state index in [1.807, 2.05) is 36.6 Å². The molecule has 1 aliphatic heterocycles. The average Bonchev–Trinajstić information content (AvgIpc) is 3.49. The third-order valence-electron chi connectivity index (χ3n) is 5.24. The number of rotatable bonds is 7. The number of amides is 2. The standard InChI is InChI=1S/C24H25N3O4S/c1-17-25-20(16-32-17)15-31-21-6-3-2-5-18(21)8-9-23(28)26-19-10-12-27(13-11-19)24(29)22-7-4-14-30-22/h2-9,14,16,19H,10-13,15H2,1H3,(H,26,28)/b9-8+. The first-order valence-electron chi connectivity index (χ1n) is 10.5. The molecule has 7 nitrogen and oxygen atoms in total. The second kappa shape index (κ2) is 10.3. The molecular weight excluding hydrogens is 426 g/mol. The van der Waals surface area contributed by atoms with Gasteiger partial charge in [0.1, 0.15) is 12.4 Å². The van der Waals surface area contributed by atoms with Gasteiger partial charge >= 0.3 is 0 Å². The molecule has 1 aromatic carbocycles. The molecule has 0 unspecified atom stereocenters. The molecule has 2 aromatic heterocycles. The lowest BCUT2D eigenvalue weighted by atomic mass is 10.0. The smallest absolute Gasteiger partial charge is 0.289 e. The zero-order valence-corrected chi connectivity index (χ0v) is 18.6. The number of thiazole rings is 1. The highest BCUT2D eigenvalue weighted by Gasteiger charge is 2.25. The van der Waals surface area contributed by atoms with E-state index in [1.54, 1.807) is 34.4 Å². The maximum Gasteiger partial charge on any atom is 0.289 e. The molecule has 0 saturated carbocycles. The van der Waals surface area contributed by atoms with Gasteiger partial charge in [0.25, 0.3) is 5.91 Å². The molecule has 0 spiro atoms. The summed E-state index contributed by atoms with van der Waals surface area (Å²) in [7, 11) is 0. The Hall–Kier alpha value is -3.39. The zero-order chi connectivity index (χ0) is 22.3. The van der Waals surface area contributed by atoms with Gasteiger partial charge in [0, 0.05) is 36.2 Å². The van der Waals surface area contributed by atoms with Crippen molar-refractivity contribution in [1.29, 1.82) is 0 Å². The van der Waals surface area contributed by atoms with Crippen molar-refractivity contribution in [3.8, 4) is 5.75 Å². The molecule has 32 heavy (non-hydrogen) atoms. The molecule has 1 fully saturated rings. The highest BCUT2D eigenvalue weighted by Crippen LogP contribution is 2.21. The molecule has 1 saturated heterocycles. The predicted molar refractivity (Wildman–Crippen MR) is 122 cm³/mol. The molecule has 0 bridgehead atoms. The number of nitrogens with one attached hydrogen (secondary N) is 1. The number of ether oxygens (including phenoxy) is 1. The minimum absolute atomic E-state index is 0.0344. The van der Waals surface area contributed by atoms with E-state index < -0.39 is 0 Å². The van der Waals surface area contributed by atoms with Crippen molar-refractivity contribution >= 4 is 29.2 Å². The van der Waals surface area contributed by atoms with E-state index in [1.165, 1.54) is 12.3 Å². The number of para-hydroxylation sites is 1. The van der Waals surface area contributed by atoms with Crippen LogP contribution in [0.5, 0.6) is 5.75 Å². The van der Waals surface area contributed by atoms with Gasteiger partial charge in [-0.15, -0.1) is 11.3 Å². The summed E-state index contributed by atoms with van der Waals surface area (Å²) in [6.45, 7) is 3.52. The Bertz CT molecular complexity index is 1080. The summed E-state index contributed by atoms with van der Waals surface area (Å²) in [6.07, 6.45) is 6.19. The summed E-state index contributed by atoms with van der Waals surface area (Å²) < 4.78 is 11.1. The van der Waals surface area contributed by atoms with Crippen LogP contribution < -0.4 is 10.1 Å². The van der Waals surface area contributed by atoms with Gasteiger partial charge in [0.2, 0.25) is 5.91 Å². The van der Waals surface area contributed by atoms with Crippen LogP contribution in [0, 0.1) is 6.92 Å². The van der Waals surface area contributed by atoms with Crippen molar-refractivity contribution in [3.05, 3.63) is 76.1 Å². The second-order valence-electron chi connectivity index (χ2n) is 7.57. The van der Waals surface area contributed by atoms with E-state index in [2.05, 4.69) is 10.3 Å². The van der Waals surface area contributed by atoms with E-state index in [9.17, 15) is 9.59 Å². The van der Waals surface area contributed by atoms with Crippen LogP contribution in [0.25, 0.3) is 6.08 Å². The summed E-state index contributed by atoms with van der Waals surface area (Å²) in [4.78, 5) is 30.9. The first-order valence-corrected chi connectivity index (χ1v) is 11.4. The minimum Gasteiger partial charge on any atom is -0.487 e.